The van der Waals surface area contributed by atoms with Crippen molar-refractivity contribution in [1.82, 2.24) is 19.9 Å². The molecule has 8 heteroatoms. The summed E-state index contributed by atoms with van der Waals surface area (Å²) in [6.07, 6.45) is 3.92. The standard InChI is InChI=1S/C27H24N4O4/c32-23(18-6-4-5-17(13-18)22-14-28-16-35-22)25(34)31-12-9-21-20(15-31)24(33)30-26(29-21)27(10-11-27)19-7-2-1-3-8-19/h1-8,13-14,16,23,32H,9-12,15H2,(H,29,30,33)/t23-/m1/s1. The Balaban J connectivity index is 1.23. The molecule has 2 N–H and O–H groups in total. The molecule has 6 rings (SSSR count). The summed E-state index contributed by atoms with van der Waals surface area (Å²) < 4.78 is 5.32. The molecule has 1 amide bonds. The predicted octanol–water partition coefficient (Wildman–Crippen LogP) is 3.12. The van der Waals surface area contributed by atoms with Gasteiger partial charge in [0.25, 0.3) is 11.5 Å². The van der Waals surface area contributed by atoms with Gasteiger partial charge in [0, 0.05) is 18.5 Å². The van der Waals surface area contributed by atoms with Crippen LogP contribution in [0, 0.1) is 0 Å². The van der Waals surface area contributed by atoms with E-state index in [0.717, 1.165) is 29.7 Å². The second kappa shape index (κ2) is 8.32. The fraction of sp³-hybridized carbons (Fsp3) is 0.259. The summed E-state index contributed by atoms with van der Waals surface area (Å²) in [6.45, 7) is 0.507. The summed E-state index contributed by atoms with van der Waals surface area (Å²) >= 11 is 0. The molecule has 0 radical (unpaired) electrons. The Morgan fingerprint density at radius 1 is 1.14 bits per heavy atom. The second-order valence-corrected chi connectivity index (χ2v) is 9.19. The van der Waals surface area contributed by atoms with E-state index in [9.17, 15) is 14.7 Å². The number of amides is 1. The van der Waals surface area contributed by atoms with E-state index < -0.39 is 12.0 Å². The largest absolute Gasteiger partial charge is 0.444 e. The third-order valence-electron chi connectivity index (χ3n) is 7.06. The Morgan fingerprint density at radius 2 is 1.97 bits per heavy atom. The van der Waals surface area contributed by atoms with E-state index in [4.69, 9.17) is 9.40 Å². The number of benzene rings is 2. The highest BCUT2D eigenvalue weighted by atomic mass is 16.3. The van der Waals surface area contributed by atoms with E-state index in [1.165, 1.54) is 11.3 Å². The molecule has 1 saturated carbocycles. The fourth-order valence-corrected chi connectivity index (χ4v) is 4.92. The second-order valence-electron chi connectivity index (χ2n) is 9.19. The quantitative estimate of drug-likeness (QED) is 0.465. The Kier molecular flexibility index (Phi) is 5.11. The van der Waals surface area contributed by atoms with Crippen LogP contribution in [-0.2, 0) is 23.2 Å². The minimum atomic E-state index is -1.35. The summed E-state index contributed by atoms with van der Waals surface area (Å²) in [7, 11) is 0. The van der Waals surface area contributed by atoms with Crippen molar-refractivity contribution in [2.45, 2.75) is 37.3 Å². The van der Waals surface area contributed by atoms with Gasteiger partial charge in [-0.25, -0.2) is 9.97 Å². The number of aliphatic hydroxyl groups is 1. The van der Waals surface area contributed by atoms with Crippen molar-refractivity contribution >= 4 is 5.91 Å². The molecule has 2 aromatic heterocycles. The zero-order valence-electron chi connectivity index (χ0n) is 19.0. The zero-order valence-corrected chi connectivity index (χ0v) is 19.0. The SMILES string of the molecule is O=C([C@H](O)c1cccc(-c2cnco2)c1)N1CCc2nc(C3(c4ccccc4)CC3)[nH]c(=O)c2C1. The summed E-state index contributed by atoms with van der Waals surface area (Å²) in [6, 6.07) is 17.1. The highest BCUT2D eigenvalue weighted by molar-refractivity contribution is 5.82. The van der Waals surface area contributed by atoms with Crippen molar-refractivity contribution in [2.24, 2.45) is 0 Å². The number of hydrogen-bond acceptors (Lipinski definition) is 6. The molecule has 176 valence electrons. The van der Waals surface area contributed by atoms with Crippen LogP contribution in [0.2, 0.25) is 0 Å². The number of oxazole rings is 1. The van der Waals surface area contributed by atoms with Crippen LogP contribution in [-0.4, -0.2) is 37.4 Å². The smallest absolute Gasteiger partial charge is 0.256 e. The first-order valence-corrected chi connectivity index (χ1v) is 11.7. The van der Waals surface area contributed by atoms with Crippen LogP contribution in [0.15, 0.2) is 76.4 Å². The number of aromatic nitrogens is 3. The molecule has 3 heterocycles. The maximum absolute atomic E-state index is 13.1. The zero-order chi connectivity index (χ0) is 24.0. The molecule has 1 atom stereocenters. The Hall–Kier alpha value is -4.04. The maximum atomic E-state index is 13.1. The first kappa shape index (κ1) is 21.5. The molecule has 0 saturated heterocycles. The Labute approximate surface area is 201 Å². The normalized spacial score (nSPS) is 17.0. The number of rotatable bonds is 5. The third-order valence-corrected chi connectivity index (χ3v) is 7.06. The number of carbonyl (C=O) groups excluding carboxylic acids is 1. The van der Waals surface area contributed by atoms with Crippen LogP contribution in [0.4, 0.5) is 0 Å². The lowest BCUT2D eigenvalue weighted by Gasteiger charge is -2.30. The third kappa shape index (κ3) is 3.76. The molecular formula is C27H24N4O4. The lowest BCUT2D eigenvalue weighted by Crippen LogP contribution is -2.42. The number of fused-ring (bicyclic) bond motifs is 1. The number of nitrogens with one attached hydrogen (secondary N) is 1. The van der Waals surface area contributed by atoms with Crippen LogP contribution < -0.4 is 5.56 Å². The average Bonchev–Trinajstić information content (AvgIpc) is 3.54. The minimum Gasteiger partial charge on any atom is -0.444 e. The van der Waals surface area contributed by atoms with E-state index in [0.29, 0.717) is 35.7 Å². The molecule has 1 aliphatic carbocycles. The minimum absolute atomic E-state index is 0.119. The van der Waals surface area contributed by atoms with Gasteiger partial charge in [-0.2, -0.15) is 0 Å². The first-order valence-electron chi connectivity index (χ1n) is 11.7. The highest BCUT2D eigenvalue weighted by Gasteiger charge is 2.48. The van der Waals surface area contributed by atoms with Gasteiger partial charge in [-0.1, -0.05) is 48.5 Å². The molecule has 0 spiro atoms. The van der Waals surface area contributed by atoms with Gasteiger partial charge < -0.3 is 19.4 Å². The maximum Gasteiger partial charge on any atom is 0.256 e. The molecule has 4 aromatic rings. The molecule has 1 aliphatic heterocycles. The lowest BCUT2D eigenvalue weighted by atomic mass is 9.94. The summed E-state index contributed by atoms with van der Waals surface area (Å²) in [4.78, 5) is 39.5. The van der Waals surface area contributed by atoms with Crippen molar-refractivity contribution < 1.29 is 14.3 Å². The molecule has 2 aromatic carbocycles. The number of carbonyl (C=O) groups is 1. The molecule has 1 fully saturated rings. The van der Waals surface area contributed by atoms with Gasteiger partial charge in [0.2, 0.25) is 0 Å². The monoisotopic (exact) mass is 468 g/mol. The average molecular weight is 469 g/mol. The highest BCUT2D eigenvalue weighted by Crippen LogP contribution is 2.51. The Bertz CT molecular complexity index is 1440. The van der Waals surface area contributed by atoms with Crippen molar-refractivity contribution in [1.29, 1.82) is 0 Å². The Morgan fingerprint density at radius 3 is 2.71 bits per heavy atom. The van der Waals surface area contributed by atoms with Crippen molar-refractivity contribution in [3.8, 4) is 11.3 Å². The molecule has 35 heavy (non-hydrogen) atoms. The van der Waals surface area contributed by atoms with Crippen molar-refractivity contribution in [2.75, 3.05) is 6.54 Å². The van der Waals surface area contributed by atoms with Gasteiger partial charge >= 0.3 is 0 Å². The van der Waals surface area contributed by atoms with E-state index in [-0.39, 0.29) is 17.5 Å². The number of aromatic amines is 1. The van der Waals surface area contributed by atoms with Crippen LogP contribution >= 0.6 is 0 Å². The van der Waals surface area contributed by atoms with Gasteiger partial charge in [-0.05, 0) is 30.0 Å². The van der Waals surface area contributed by atoms with E-state index in [1.807, 2.05) is 24.3 Å². The number of H-pyrrole nitrogens is 1. The van der Waals surface area contributed by atoms with Gasteiger partial charge in [-0.15, -0.1) is 0 Å². The fourth-order valence-electron chi connectivity index (χ4n) is 4.92. The van der Waals surface area contributed by atoms with Gasteiger partial charge in [0.15, 0.2) is 18.3 Å². The van der Waals surface area contributed by atoms with Gasteiger partial charge in [-0.3, -0.25) is 9.59 Å². The molecule has 8 nitrogen and oxygen atoms in total. The van der Waals surface area contributed by atoms with E-state index in [1.54, 1.807) is 24.4 Å². The molecular weight excluding hydrogens is 444 g/mol. The van der Waals surface area contributed by atoms with Crippen molar-refractivity contribution in [3.05, 3.63) is 106 Å². The molecule has 0 bridgehead atoms. The molecule has 2 aliphatic rings. The molecule has 0 unspecified atom stereocenters. The topological polar surface area (TPSA) is 112 Å². The van der Waals surface area contributed by atoms with Gasteiger partial charge in [0.1, 0.15) is 5.82 Å². The van der Waals surface area contributed by atoms with Gasteiger partial charge in [0.05, 0.1) is 29.4 Å². The van der Waals surface area contributed by atoms with Crippen LogP contribution in [0.5, 0.6) is 0 Å². The summed E-state index contributed by atoms with van der Waals surface area (Å²) in [5.41, 5.74) is 3.11. The van der Waals surface area contributed by atoms with Crippen LogP contribution in [0.1, 0.15) is 47.2 Å². The first-order chi connectivity index (χ1) is 17.0. The van der Waals surface area contributed by atoms with E-state index >= 15 is 0 Å². The van der Waals surface area contributed by atoms with Crippen LogP contribution in [0.25, 0.3) is 11.3 Å². The summed E-state index contributed by atoms with van der Waals surface area (Å²) in [5, 5.41) is 10.8. The van der Waals surface area contributed by atoms with E-state index in [2.05, 4.69) is 22.1 Å². The lowest BCUT2D eigenvalue weighted by molar-refractivity contribution is -0.141. The van der Waals surface area contributed by atoms with Crippen LogP contribution in [0.3, 0.4) is 0 Å². The number of nitrogens with zero attached hydrogens (tertiary/aromatic N) is 3. The van der Waals surface area contributed by atoms with Crippen molar-refractivity contribution in [3.63, 3.8) is 0 Å². The number of hydrogen-bond donors (Lipinski definition) is 2. The predicted molar refractivity (Wildman–Crippen MR) is 127 cm³/mol. The summed E-state index contributed by atoms with van der Waals surface area (Å²) in [5.74, 6) is 0.809. The number of aliphatic hydroxyl groups excluding tert-OH is 1.